The number of ether oxygens (including phenoxy) is 2. The quantitative estimate of drug-likeness (QED) is 0.516. The number of hydrogen-bond donors (Lipinski definition) is 2. The number of halogens is 4. The number of rotatable bonds is 4. The van der Waals surface area contributed by atoms with Gasteiger partial charge in [-0.3, -0.25) is 14.6 Å². The molecule has 7 nitrogen and oxygen atoms in total. The van der Waals surface area contributed by atoms with Gasteiger partial charge in [-0.15, -0.1) is 13.2 Å². The van der Waals surface area contributed by atoms with Gasteiger partial charge in [0.15, 0.2) is 11.6 Å². The van der Waals surface area contributed by atoms with Gasteiger partial charge in [0.25, 0.3) is 5.91 Å². The van der Waals surface area contributed by atoms with Crippen LogP contribution in [0.15, 0.2) is 54.7 Å². The minimum absolute atomic E-state index is 0.108. The van der Waals surface area contributed by atoms with Crippen LogP contribution in [-0.4, -0.2) is 29.8 Å². The van der Waals surface area contributed by atoms with Crippen LogP contribution in [0, 0.1) is 5.82 Å². The highest BCUT2D eigenvalue weighted by molar-refractivity contribution is 5.98. The van der Waals surface area contributed by atoms with Gasteiger partial charge in [-0.05, 0) is 60.0 Å². The molecule has 186 valence electrons. The molecule has 1 atom stereocenters. The Bertz CT molecular complexity index is 1360. The van der Waals surface area contributed by atoms with E-state index in [9.17, 15) is 27.2 Å². The summed E-state index contributed by atoms with van der Waals surface area (Å²) in [5.41, 5.74) is 0.786. The van der Waals surface area contributed by atoms with Gasteiger partial charge in [-0.2, -0.15) is 0 Å². The number of carbonyl (C=O) groups is 2. The van der Waals surface area contributed by atoms with Gasteiger partial charge in [-0.25, -0.2) is 4.39 Å². The van der Waals surface area contributed by atoms with E-state index in [0.717, 1.165) is 17.7 Å². The van der Waals surface area contributed by atoms with Crippen molar-refractivity contribution in [3.8, 4) is 11.5 Å². The van der Waals surface area contributed by atoms with Crippen LogP contribution < -0.4 is 20.1 Å². The number of alkyl halides is 3. The highest BCUT2D eigenvalue weighted by Gasteiger charge is 2.43. The first-order valence-corrected chi connectivity index (χ1v) is 11.0. The molecule has 0 spiro atoms. The average molecular weight is 501 g/mol. The Balaban J connectivity index is 1.55. The standard InChI is InChI=1S/C25H19F4N3O4/c26-17-13-16(5-7-19(17)36-25(27,28)29)24(9-11-35-20-2-1-10-30-22(20)24)32-23(34)15-3-6-18-14(12-15)4-8-21(33)31-18/h1-3,5-7,10,12-13H,4,8-9,11H2,(H,31,33)(H,32,34)/t24-/m0/s1. The monoisotopic (exact) mass is 501 g/mol. The Labute approximate surface area is 202 Å². The molecule has 0 saturated heterocycles. The molecule has 5 rings (SSSR count). The van der Waals surface area contributed by atoms with Crippen LogP contribution in [0.4, 0.5) is 23.2 Å². The highest BCUT2D eigenvalue weighted by Crippen LogP contribution is 2.42. The molecule has 36 heavy (non-hydrogen) atoms. The lowest BCUT2D eigenvalue weighted by Gasteiger charge is -2.39. The minimum atomic E-state index is -5.06. The Morgan fingerprint density at radius 3 is 2.75 bits per heavy atom. The molecule has 0 bridgehead atoms. The number of benzene rings is 2. The molecule has 3 heterocycles. The fourth-order valence-corrected chi connectivity index (χ4v) is 4.50. The van der Waals surface area contributed by atoms with E-state index in [1.807, 2.05) is 0 Å². The van der Waals surface area contributed by atoms with Crippen molar-refractivity contribution in [1.29, 1.82) is 0 Å². The Kier molecular flexibility index (Phi) is 5.77. The second-order valence-electron chi connectivity index (χ2n) is 8.42. The predicted octanol–water partition coefficient (Wildman–Crippen LogP) is 4.46. The third-order valence-corrected chi connectivity index (χ3v) is 6.15. The normalized spacial score (nSPS) is 18.8. The molecular formula is C25H19F4N3O4. The maximum absolute atomic E-state index is 14.7. The zero-order valence-electron chi connectivity index (χ0n) is 18.6. The van der Waals surface area contributed by atoms with Crippen LogP contribution >= 0.6 is 0 Å². The fourth-order valence-electron chi connectivity index (χ4n) is 4.50. The number of pyridine rings is 1. The molecule has 0 fully saturated rings. The van der Waals surface area contributed by atoms with Crippen molar-refractivity contribution >= 4 is 17.5 Å². The molecule has 1 aromatic heterocycles. The summed E-state index contributed by atoms with van der Waals surface area (Å²) in [6, 6.07) is 11.1. The van der Waals surface area contributed by atoms with Crippen molar-refractivity contribution < 1.29 is 36.6 Å². The Morgan fingerprint density at radius 2 is 1.97 bits per heavy atom. The number of amides is 2. The number of fused-ring (bicyclic) bond motifs is 2. The molecule has 2 aromatic carbocycles. The maximum atomic E-state index is 14.7. The predicted molar refractivity (Wildman–Crippen MR) is 119 cm³/mol. The molecule has 3 aromatic rings. The van der Waals surface area contributed by atoms with Gasteiger partial charge in [0.05, 0.1) is 6.61 Å². The first-order valence-electron chi connectivity index (χ1n) is 11.0. The number of nitrogens with one attached hydrogen (secondary N) is 2. The third-order valence-electron chi connectivity index (χ3n) is 6.15. The number of anilines is 1. The molecule has 0 radical (unpaired) electrons. The first kappa shape index (κ1) is 23.6. The van der Waals surface area contributed by atoms with E-state index in [1.165, 1.54) is 12.3 Å². The highest BCUT2D eigenvalue weighted by atomic mass is 19.4. The molecule has 0 unspecified atom stereocenters. The van der Waals surface area contributed by atoms with E-state index in [4.69, 9.17) is 4.74 Å². The van der Waals surface area contributed by atoms with Crippen molar-refractivity contribution in [3.63, 3.8) is 0 Å². The maximum Gasteiger partial charge on any atom is 0.573 e. The second-order valence-corrected chi connectivity index (χ2v) is 8.42. The molecule has 0 aliphatic carbocycles. The summed E-state index contributed by atoms with van der Waals surface area (Å²) in [5.74, 6) is -2.49. The van der Waals surface area contributed by atoms with Crippen LogP contribution in [-0.2, 0) is 16.8 Å². The number of aromatic nitrogens is 1. The van der Waals surface area contributed by atoms with Crippen LogP contribution in [0.2, 0.25) is 0 Å². The minimum Gasteiger partial charge on any atom is -0.491 e. The van der Waals surface area contributed by atoms with Crippen molar-refractivity contribution in [3.05, 3.63) is 82.9 Å². The molecule has 0 saturated carbocycles. The van der Waals surface area contributed by atoms with Gasteiger partial charge in [0.2, 0.25) is 5.91 Å². The van der Waals surface area contributed by atoms with E-state index in [-0.39, 0.29) is 24.5 Å². The van der Waals surface area contributed by atoms with E-state index in [2.05, 4.69) is 20.4 Å². The topological polar surface area (TPSA) is 89.6 Å². The molecule has 2 amide bonds. The lowest BCUT2D eigenvalue weighted by atomic mass is 9.81. The first-order chi connectivity index (χ1) is 17.1. The van der Waals surface area contributed by atoms with E-state index < -0.39 is 29.4 Å². The zero-order valence-corrected chi connectivity index (χ0v) is 18.6. The molecular weight excluding hydrogens is 482 g/mol. The van der Waals surface area contributed by atoms with E-state index in [1.54, 1.807) is 30.3 Å². The molecule has 2 aliphatic rings. The number of carbonyl (C=O) groups excluding carboxylic acids is 2. The fraction of sp³-hybridized carbons (Fsp3) is 0.240. The van der Waals surface area contributed by atoms with E-state index >= 15 is 0 Å². The summed E-state index contributed by atoms with van der Waals surface area (Å²) in [4.78, 5) is 29.5. The Morgan fingerprint density at radius 1 is 1.14 bits per heavy atom. The summed E-state index contributed by atoms with van der Waals surface area (Å²) in [6.45, 7) is 0.137. The van der Waals surface area contributed by atoms with Gasteiger partial charge in [0.1, 0.15) is 17.0 Å². The molecule has 2 aliphatic heterocycles. The van der Waals surface area contributed by atoms with Gasteiger partial charge in [-0.1, -0.05) is 6.07 Å². The van der Waals surface area contributed by atoms with Crippen molar-refractivity contribution in [2.75, 3.05) is 11.9 Å². The smallest absolute Gasteiger partial charge is 0.491 e. The van der Waals surface area contributed by atoms with Gasteiger partial charge >= 0.3 is 6.36 Å². The third kappa shape index (κ3) is 4.43. The van der Waals surface area contributed by atoms with Crippen molar-refractivity contribution in [2.45, 2.75) is 31.2 Å². The Hall–Kier alpha value is -4.15. The SMILES string of the molecule is O=C1CCc2cc(C(=O)N[C@]3(c4ccc(OC(F)(F)F)c(F)c4)CCOc4cccnc43)ccc2N1. The molecule has 11 heteroatoms. The largest absolute Gasteiger partial charge is 0.573 e. The number of hydrogen-bond acceptors (Lipinski definition) is 5. The van der Waals surface area contributed by atoms with Crippen molar-refractivity contribution in [1.82, 2.24) is 10.3 Å². The van der Waals surface area contributed by atoms with Crippen LogP contribution in [0.1, 0.15) is 40.0 Å². The van der Waals surface area contributed by atoms with Crippen molar-refractivity contribution in [2.24, 2.45) is 0 Å². The summed E-state index contributed by atoms with van der Waals surface area (Å²) >= 11 is 0. The summed E-state index contributed by atoms with van der Waals surface area (Å²) < 4.78 is 62.1. The molecule has 2 N–H and O–H groups in total. The van der Waals surface area contributed by atoms with Gasteiger partial charge in [0, 0.05) is 30.3 Å². The number of aryl methyl sites for hydroxylation is 1. The summed E-state index contributed by atoms with van der Waals surface area (Å²) in [5, 5.41) is 5.68. The van der Waals surface area contributed by atoms with Crippen LogP contribution in [0.25, 0.3) is 0 Å². The van der Waals surface area contributed by atoms with E-state index in [0.29, 0.717) is 35.5 Å². The van der Waals surface area contributed by atoms with Crippen LogP contribution in [0.5, 0.6) is 11.5 Å². The lowest BCUT2D eigenvalue weighted by molar-refractivity contribution is -0.275. The summed E-state index contributed by atoms with van der Waals surface area (Å²) in [7, 11) is 0. The average Bonchev–Trinajstić information content (AvgIpc) is 2.84. The lowest BCUT2D eigenvalue weighted by Crippen LogP contribution is -2.50. The van der Waals surface area contributed by atoms with Gasteiger partial charge < -0.3 is 20.1 Å². The van der Waals surface area contributed by atoms with Crippen LogP contribution in [0.3, 0.4) is 0 Å². The number of nitrogens with zero attached hydrogens (tertiary/aromatic N) is 1. The zero-order chi connectivity index (χ0) is 25.5. The second kappa shape index (κ2) is 8.81. The summed E-state index contributed by atoms with van der Waals surface area (Å²) in [6.07, 6.45) is -2.68.